The number of rotatable bonds is 6. The standard InChI is InChI=1S/C6H13O5P/c1-2-3-11-4-6(7)5-12(8,9)10/h2,6-7H,1,3-5H2,(H2,8,9,10)/p-2. The van der Waals surface area contributed by atoms with Gasteiger partial charge in [-0.15, -0.1) is 6.58 Å². The van der Waals surface area contributed by atoms with Crippen LogP contribution in [0.4, 0.5) is 0 Å². The molecule has 6 heteroatoms. The molecule has 0 saturated carbocycles. The highest BCUT2D eigenvalue weighted by Gasteiger charge is 2.05. The van der Waals surface area contributed by atoms with Crippen LogP contribution in [0, 0.1) is 0 Å². The lowest BCUT2D eigenvalue weighted by Crippen LogP contribution is -2.28. The molecule has 0 aromatic rings. The van der Waals surface area contributed by atoms with Gasteiger partial charge < -0.3 is 24.2 Å². The van der Waals surface area contributed by atoms with E-state index in [0.717, 1.165) is 0 Å². The van der Waals surface area contributed by atoms with Gasteiger partial charge in [-0.1, -0.05) is 13.7 Å². The van der Waals surface area contributed by atoms with E-state index >= 15 is 0 Å². The quantitative estimate of drug-likeness (QED) is 0.314. The second kappa shape index (κ2) is 5.45. The average Bonchev–Trinajstić information content (AvgIpc) is 1.84. The summed E-state index contributed by atoms with van der Waals surface area (Å²) in [6.45, 7) is 3.40. The molecule has 12 heavy (non-hydrogen) atoms. The van der Waals surface area contributed by atoms with E-state index in [0.29, 0.717) is 0 Å². The van der Waals surface area contributed by atoms with Crippen molar-refractivity contribution < 1.29 is 24.2 Å². The van der Waals surface area contributed by atoms with Crippen molar-refractivity contribution in [3.05, 3.63) is 12.7 Å². The zero-order valence-electron chi connectivity index (χ0n) is 6.51. The molecule has 1 atom stereocenters. The maximum absolute atomic E-state index is 10.1. The highest BCUT2D eigenvalue weighted by Crippen LogP contribution is 2.23. The third kappa shape index (κ3) is 7.91. The number of ether oxygens (including phenoxy) is 1. The van der Waals surface area contributed by atoms with Gasteiger partial charge >= 0.3 is 0 Å². The first kappa shape index (κ1) is 11.8. The molecule has 0 aliphatic rings. The van der Waals surface area contributed by atoms with Crippen molar-refractivity contribution in [1.82, 2.24) is 0 Å². The average molecular weight is 194 g/mol. The SMILES string of the molecule is C=CCOCC(O)CP(=O)([O-])[O-]. The highest BCUT2D eigenvalue weighted by molar-refractivity contribution is 7.48. The zero-order valence-corrected chi connectivity index (χ0v) is 7.40. The molecule has 0 aliphatic heterocycles. The number of aliphatic hydroxyl groups is 1. The van der Waals surface area contributed by atoms with E-state index in [4.69, 9.17) is 9.84 Å². The molecule has 0 bridgehead atoms. The van der Waals surface area contributed by atoms with Gasteiger partial charge in [0, 0.05) is 6.16 Å². The Morgan fingerprint density at radius 3 is 2.67 bits per heavy atom. The first-order valence-corrected chi connectivity index (χ1v) is 5.06. The second-order valence-electron chi connectivity index (χ2n) is 2.27. The van der Waals surface area contributed by atoms with Crippen LogP contribution in [0.25, 0.3) is 0 Å². The topological polar surface area (TPSA) is 92.7 Å². The summed E-state index contributed by atoms with van der Waals surface area (Å²) >= 11 is 0. The maximum Gasteiger partial charge on any atom is 0.0819 e. The van der Waals surface area contributed by atoms with Crippen molar-refractivity contribution in [1.29, 1.82) is 0 Å². The van der Waals surface area contributed by atoms with Gasteiger partial charge in [0.15, 0.2) is 0 Å². The molecule has 0 rings (SSSR count). The molecular weight excluding hydrogens is 183 g/mol. The second-order valence-corrected chi connectivity index (χ2v) is 3.86. The molecule has 0 aliphatic carbocycles. The monoisotopic (exact) mass is 194 g/mol. The molecule has 1 unspecified atom stereocenters. The molecule has 0 spiro atoms. The number of hydrogen-bond donors (Lipinski definition) is 1. The smallest absolute Gasteiger partial charge is 0.0819 e. The lowest BCUT2D eigenvalue weighted by atomic mass is 10.4. The Morgan fingerprint density at radius 1 is 1.67 bits per heavy atom. The molecule has 0 fully saturated rings. The van der Waals surface area contributed by atoms with Crippen molar-refractivity contribution in [2.45, 2.75) is 6.10 Å². The van der Waals surface area contributed by atoms with Crippen LogP contribution >= 0.6 is 7.60 Å². The van der Waals surface area contributed by atoms with Crippen LogP contribution in [0.1, 0.15) is 0 Å². The first-order chi connectivity index (χ1) is 5.45. The number of hydrogen-bond acceptors (Lipinski definition) is 5. The molecule has 1 N–H and O–H groups in total. The highest BCUT2D eigenvalue weighted by atomic mass is 31.2. The van der Waals surface area contributed by atoms with Crippen LogP contribution in [0.5, 0.6) is 0 Å². The summed E-state index contributed by atoms with van der Waals surface area (Å²) in [7, 11) is -4.63. The van der Waals surface area contributed by atoms with Crippen LogP contribution in [-0.2, 0) is 9.30 Å². The fraction of sp³-hybridized carbons (Fsp3) is 0.667. The summed E-state index contributed by atoms with van der Waals surface area (Å²) in [5, 5.41) is 8.88. The fourth-order valence-corrected chi connectivity index (χ4v) is 1.22. The predicted octanol–water partition coefficient (Wildman–Crippen LogP) is -1.54. The van der Waals surface area contributed by atoms with Crippen molar-refractivity contribution >= 4 is 7.60 Å². The fourth-order valence-electron chi connectivity index (χ4n) is 0.598. The van der Waals surface area contributed by atoms with Gasteiger partial charge in [0.25, 0.3) is 0 Å². The van der Waals surface area contributed by atoms with Gasteiger partial charge in [-0.05, 0) is 0 Å². The summed E-state index contributed by atoms with van der Waals surface area (Å²) in [5.74, 6) is 0. The van der Waals surface area contributed by atoms with Gasteiger partial charge in [-0.3, -0.25) is 0 Å². The summed E-state index contributed by atoms with van der Waals surface area (Å²) in [6, 6.07) is 0. The van der Waals surface area contributed by atoms with Crippen LogP contribution in [0.2, 0.25) is 0 Å². The summed E-state index contributed by atoms with van der Waals surface area (Å²) in [4.78, 5) is 20.2. The van der Waals surface area contributed by atoms with E-state index in [1.54, 1.807) is 0 Å². The molecule has 0 heterocycles. The van der Waals surface area contributed by atoms with E-state index < -0.39 is 19.9 Å². The molecule has 5 nitrogen and oxygen atoms in total. The molecule has 0 radical (unpaired) electrons. The van der Waals surface area contributed by atoms with Crippen molar-refractivity contribution in [3.8, 4) is 0 Å². The minimum Gasteiger partial charge on any atom is -0.811 e. The van der Waals surface area contributed by atoms with Gasteiger partial charge in [-0.2, -0.15) is 0 Å². The molecule has 0 aromatic heterocycles. The van der Waals surface area contributed by atoms with E-state index in [2.05, 4.69) is 6.58 Å². The number of aliphatic hydroxyl groups excluding tert-OH is 1. The molecule has 72 valence electrons. The molecular formula is C6H11O5P-2. The molecule has 0 aromatic carbocycles. The first-order valence-electron chi connectivity index (χ1n) is 3.33. The normalized spacial score (nSPS) is 14.2. The Bertz CT molecular complexity index is 175. The Balaban J connectivity index is 3.53. The van der Waals surface area contributed by atoms with Crippen LogP contribution in [0.15, 0.2) is 12.7 Å². The summed E-state index contributed by atoms with van der Waals surface area (Å²) in [6.07, 6.45) is -0.573. The minimum absolute atomic E-state index is 0.166. The Hall–Kier alpha value is -0.190. The van der Waals surface area contributed by atoms with Gasteiger partial charge in [-0.25, -0.2) is 0 Å². The third-order valence-corrected chi connectivity index (χ3v) is 1.85. The lowest BCUT2D eigenvalue weighted by Gasteiger charge is -2.31. The van der Waals surface area contributed by atoms with Crippen molar-refractivity contribution in [2.75, 3.05) is 19.4 Å². The molecule has 0 saturated heterocycles. The van der Waals surface area contributed by atoms with Crippen molar-refractivity contribution in [2.24, 2.45) is 0 Å². The largest absolute Gasteiger partial charge is 0.811 e. The van der Waals surface area contributed by atoms with E-state index in [-0.39, 0.29) is 13.2 Å². The lowest BCUT2D eigenvalue weighted by molar-refractivity contribution is -0.314. The summed E-state index contributed by atoms with van der Waals surface area (Å²) in [5.41, 5.74) is 0. The Labute approximate surface area is 70.8 Å². The summed E-state index contributed by atoms with van der Waals surface area (Å²) < 4.78 is 14.8. The van der Waals surface area contributed by atoms with Gasteiger partial charge in [0.05, 0.1) is 19.3 Å². The van der Waals surface area contributed by atoms with Gasteiger partial charge in [0.1, 0.15) is 0 Å². The van der Waals surface area contributed by atoms with Crippen LogP contribution in [0.3, 0.4) is 0 Å². The van der Waals surface area contributed by atoms with Crippen LogP contribution < -0.4 is 9.79 Å². The van der Waals surface area contributed by atoms with Gasteiger partial charge in [0.2, 0.25) is 0 Å². The predicted molar refractivity (Wildman–Crippen MR) is 39.5 cm³/mol. The Morgan fingerprint density at radius 2 is 2.25 bits per heavy atom. The van der Waals surface area contributed by atoms with E-state index in [1.807, 2.05) is 0 Å². The molecule has 0 amide bonds. The van der Waals surface area contributed by atoms with Crippen LogP contribution in [-0.4, -0.2) is 30.6 Å². The maximum atomic E-state index is 10.1. The zero-order chi connectivity index (χ0) is 9.61. The third-order valence-electron chi connectivity index (χ3n) is 0.980. The van der Waals surface area contributed by atoms with E-state index in [1.165, 1.54) is 6.08 Å². The van der Waals surface area contributed by atoms with Crippen molar-refractivity contribution in [3.63, 3.8) is 0 Å². The van der Waals surface area contributed by atoms with E-state index in [9.17, 15) is 14.4 Å². The minimum atomic E-state index is -4.63. The Kier molecular flexibility index (Phi) is 5.37.